The molecule has 0 aliphatic heterocycles. The van der Waals surface area contributed by atoms with Crippen LogP contribution in [-0.4, -0.2) is 19.8 Å². The minimum atomic E-state index is 0.344. The molecule has 0 bridgehead atoms. The lowest BCUT2D eigenvalue weighted by Crippen LogP contribution is -2.29. The van der Waals surface area contributed by atoms with E-state index in [0.29, 0.717) is 12.6 Å². The second-order valence-corrected chi connectivity index (χ2v) is 3.74. The summed E-state index contributed by atoms with van der Waals surface area (Å²) in [5, 5.41) is 4.14. The van der Waals surface area contributed by atoms with E-state index in [-0.39, 0.29) is 0 Å². The molecular formula is C11H16ClNO. The van der Waals surface area contributed by atoms with E-state index in [0.717, 1.165) is 17.1 Å². The fourth-order valence-corrected chi connectivity index (χ4v) is 1.44. The number of ether oxygens (including phenoxy) is 1. The molecule has 0 fully saturated rings. The number of rotatable bonds is 5. The third-order valence-corrected chi connectivity index (χ3v) is 2.38. The van der Waals surface area contributed by atoms with Crippen molar-refractivity contribution in [3.63, 3.8) is 0 Å². The van der Waals surface area contributed by atoms with Crippen LogP contribution in [0.5, 0.6) is 0 Å². The van der Waals surface area contributed by atoms with Gasteiger partial charge in [-0.05, 0) is 18.6 Å². The van der Waals surface area contributed by atoms with Crippen LogP contribution in [0.4, 0.5) is 0 Å². The Morgan fingerprint density at radius 1 is 1.43 bits per heavy atom. The zero-order chi connectivity index (χ0) is 10.4. The van der Waals surface area contributed by atoms with Crippen LogP contribution < -0.4 is 5.32 Å². The van der Waals surface area contributed by atoms with Gasteiger partial charge in [-0.25, -0.2) is 0 Å². The molecule has 1 rings (SSSR count). The van der Waals surface area contributed by atoms with E-state index in [1.165, 1.54) is 0 Å². The smallest absolute Gasteiger partial charge is 0.0613 e. The molecule has 0 heterocycles. The quantitative estimate of drug-likeness (QED) is 0.812. The molecule has 0 spiro atoms. The monoisotopic (exact) mass is 213 g/mol. The van der Waals surface area contributed by atoms with E-state index in [2.05, 4.69) is 12.2 Å². The predicted octanol–water partition coefficient (Wildman–Crippen LogP) is 2.46. The van der Waals surface area contributed by atoms with E-state index in [9.17, 15) is 0 Å². The summed E-state index contributed by atoms with van der Waals surface area (Å²) in [4.78, 5) is 0. The fraction of sp³-hybridized carbons (Fsp3) is 0.455. The third-order valence-electron chi connectivity index (χ3n) is 2.02. The van der Waals surface area contributed by atoms with Crippen molar-refractivity contribution in [2.75, 3.05) is 13.7 Å². The highest BCUT2D eigenvalue weighted by atomic mass is 35.5. The van der Waals surface area contributed by atoms with Crippen molar-refractivity contribution in [3.05, 3.63) is 34.9 Å². The lowest BCUT2D eigenvalue weighted by atomic mass is 10.2. The van der Waals surface area contributed by atoms with E-state index < -0.39 is 0 Å². The van der Waals surface area contributed by atoms with Crippen molar-refractivity contribution in [1.29, 1.82) is 0 Å². The van der Waals surface area contributed by atoms with Crippen LogP contribution in [0.2, 0.25) is 5.02 Å². The molecule has 1 atom stereocenters. The lowest BCUT2D eigenvalue weighted by molar-refractivity contribution is 0.171. The standard InChI is InChI=1S/C11H16ClNO/c1-9(8-14-2)13-7-10-5-3-4-6-11(10)12/h3-6,9,13H,7-8H2,1-2H3/t9-/m0/s1. The van der Waals surface area contributed by atoms with Gasteiger partial charge in [0, 0.05) is 24.7 Å². The molecule has 1 aromatic carbocycles. The van der Waals surface area contributed by atoms with Crippen molar-refractivity contribution in [1.82, 2.24) is 5.32 Å². The highest BCUT2D eigenvalue weighted by Gasteiger charge is 2.02. The highest BCUT2D eigenvalue weighted by molar-refractivity contribution is 6.31. The first-order valence-corrected chi connectivity index (χ1v) is 5.07. The highest BCUT2D eigenvalue weighted by Crippen LogP contribution is 2.14. The van der Waals surface area contributed by atoms with Gasteiger partial charge < -0.3 is 10.1 Å². The number of methoxy groups -OCH3 is 1. The minimum absolute atomic E-state index is 0.344. The van der Waals surface area contributed by atoms with Crippen LogP contribution >= 0.6 is 11.6 Å². The number of hydrogen-bond donors (Lipinski definition) is 1. The summed E-state index contributed by atoms with van der Waals surface area (Å²) >= 11 is 6.01. The Morgan fingerprint density at radius 2 is 2.14 bits per heavy atom. The average Bonchev–Trinajstić information content (AvgIpc) is 2.17. The van der Waals surface area contributed by atoms with E-state index in [4.69, 9.17) is 16.3 Å². The number of hydrogen-bond acceptors (Lipinski definition) is 2. The largest absolute Gasteiger partial charge is 0.383 e. The van der Waals surface area contributed by atoms with Gasteiger partial charge in [0.2, 0.25) is 0 Å². The number of halogens is 1. The summed E-state index contributed by atoms with van der Waals surface area (Å²) in [6.45, 7) is 3.58. The van der Waals surface area contributed by atoms with E-state index in [1.807, 2.05) is 24.3 Å². The first-order valence-electron chi connectivity index (χ1n) is 4.69. The zero-order valence-corrected chi connectivity index (χ0v) is 9.34. The first kappa shape index (κ1) is 11.5. The van der Waals surface area contributed by atoms with Gasteiger partial charge in [-0.2, -0.15) is 0 Å². The maximum absolute atomic E-state index is 6.01. The van der Waals surface area contributed by atoms with Gasteiger partial charge in [0.1, 0.15) is 0 Å². The molecule has 0 unspecified atom stereocenters. The summed E-state index contributed by atoms with van der Waals surface area (Å²) in [5.74, 6) is 0. The van der Waals surface area contributed by atoms with Crippen LogP contribution in [0.3, 0.4) is 0 Å². The van der Waals surface area contributed by atoms with Crippen molar-refractivity contribution < 1.29 is 4.74 Å². The maximum Gasteiger partial charge on any atom is 0.0613 e. The molecule has 1 N–H and O–H groups in total. The van der Waals surface area contributed by atoms with Crippen LogP contribution in [0.15, 0.2) is 24.3 Å². The molecule has 0 saturated carbocycles. The van der Waals surface area contributed by atoms with Crippen LogP contribution in [0.25, 0.3) is 0 Å². The number of nitrogens with one attached hydrogen (secondary N) is 1. The molecule has 0 radical (unpaired) electrons. The fourth-order valence-electron chi connectivity index (χ4n) is 1.23. The maximum atomic E-state index is 6.01. The molecule has 14 heavy (non-hydrogen) atoms. The minimum Gasteiger partial charge on any atom is -0.383 e. The van der Waals surface area contributed by atoms with Gasteiger partial charge in [0.05, 0.1) is 6.61 Å². The van der Waals surface area contributed by atoms with Gasteiger partial charge in [-0.3, -0.25) is 0 Å². The average molecular weight is 214 g/mol. The predicted molar refractivity (Wildman–Crippen MR) is 59.6 cm³/mol. The SMILES string of the molecule is COC[C@H](C)NCc1ccccc1Cl. The summed E-state index contributed by atoms with van der Waals surface area (Å²) in [5.41, 5.74) is 1.12. The molecule has 0 aliphatic carbocycles. The molecule has 0 aliphatic rings. The molecule has 3 heteroatoms. The van der Waals surface area contributed by atoms with Crippen molar-refractivity contribution >= 4 is 11.6 Å². The van der Waals surface area contributed by atoms with Crippen molar-refractivity contribution in [3.8, 4) is 0 Å². The zero-order valence-electron chi connectivity index (χ0n) is 8.59. The Hall–Kier alpha value is -0.570. The van der Waals surface area contributed by atoms with Crippen LogP contribution in [0.1, 0.15) is 12.5 Å². The van der Waals surface area contributed by atoms with Crippen molar-refractivity contribution in [2.45, 2.75) is 19.5 Å². The summed E-state index contributed by atoms with van der Waals surface area (Å²) < 4.78 is 5.03. The van der Waals surface area contributed by atoms with Gasteiger partial charge in [-0.1, -0.05) is 29.8 Å². The Labute approximate surface area is 90.2 Å². The molecule has 0 saturated heterocycles. The third kappa shape index (κ3) is 3.66. The van der Waals surface area contributed by atoms with Crippen LogP contribution in [0, 0.1) is 0 Å². The molecule has 0 aromatic heterocycles. The molecular weight excluding hydrogens is 198 g/mol. The van der Waals surface area contributed by atoms with Gasteiger partial charge >= 0.3 is 0 Å². The van der Waals surface area contributed by atoms with Gasteiger partial charge in [-0.15, -0.1) is 0 Å². The lowest BCUT2D eigenvalue weighted by Gasteiger charge is -2.13. The van der Waals surface area contributed by atoms with E-state index in [1.54, 1.807) is 7.11 Å². The van der Waals surface area contributed by atoms with Gasteiger partial charge in [0.15, 0.2) is 0 Å². The summed E-state index contributed by atoms with van der Waals surface area (Å²) in [6, 6.07) is 8.19. The van der Waals surface area contributed by atoms with E-state index >= 15 is 0 Å². The molecule has 1 aromatic rings. The first-order chi connectivity index (χ1) is 6.74. The molecule has 2 nitrogen and oxygen atoms in total. The Kier molecular flexibility index (Phi) is 4.94. The summed E-state index contributed by atoms with van der Waals surface area (Å²) in [7, 11) is 1.70. The summed E-state index contributed by atoms with van der Waals surface area (Å²) in [6.07, 6.45) is 0. The molecule has 78 valence electrons. The van der Waals surface area contributed by atoms with Gasteiger partial charge in [0.25, 0.3) is 0 Å². The Bertz CT molecular complexity index is 278. The second kappa shape index (κ2) is 6.02. The number of benzene rings is 1. The van der Waals surface area contributed by atoms with Crippen molar-refractivity contribution in [2.24, 2.45) is 0 Å². The molecule has 0 amide bonds. The topological polar surface area (TPSA) is 21.3 Å². The second-order valence-electron chi connectivity index (χ2n) is 3.33. The normalized spacial score (nSPS) is 12.8. The van der Waals surface area contributed by atoms with Crippen LogP contribution in [-0.2, 0) is 11.3 Å². The Morgan fingerprint density at radius 3 is 2.79 bits per heavy atom. The Balaban J connectivity index is 2.41.